The lowest BCUT2D eigenvalue weighted by molar-refractivity contribution is 0.358. The van der Waals surface area contributed by atoms with Crippen LogP contribution in [0.3, 0.4) is 0 Å². The van der Waals surface area contributed by atoms with E-state index in [0.29, 0.717) is 12.0 Å². The summed E-state index contributed by atoms with van der Waals surface area (Å²) in [6.07, 6.45) is 4.77. The van der Waals surface area contributed by atoms with Crippen molar-refractivity contribution in [2.45, 2.75) is 51.5 Å². The van der Waals surface area contributed by atoms with E-state index < -0.39 is 0 Å². The molecule has 0 saturated carbocycles. The van der Waals surface area contributed by atoms with Crippen molar-refractivity contribution in [2.24, 2.45) is 0 Å². The Balaban J connectivity index is 2.11. The summed E-state index contributed by atoms with van der Waals surface area (Å²) >= 11 is 0. The Morgan fingerprint density at radius 1 is 1.20 bits per heavy atom. The molecule has 2 heterocycles. The highest BCUT2D eigenvalue weighted by Crippen LogP contribution is 2.32. The van der Waals surface area contributed by atoms with Crippen LogP contribution in [0.25, 0.3) is 11.0 Å². The number of aromatic nitrogens is 2. The van der Waals surface area contributed by atoms with E-state index in [2.05, 4.69) is 48.0 Å². The second-order valence-corrected chi connectivity index (χ2v) is 5.82. The van der Waals surface area contributed by atoms with Crippen LogP contribution in [-0.4, -0.2) is 22.6 Å². The third-order valence-corrected chi connectivity index (χ3v) is 4.65. The van der Waals surface area contributed by atoms with Gasteiger partial charge in [-0.2, -0.15) is 0 Å². The number of imidazole rings is 1. The smallest absolute Gasteiger partial charge is 0.113 e. The molecule has 1 N–H and O–H groups in total. The standard InChI is InChI=1S/C17H25N3/c1-3-13(4-2)17-19-15-7-5-6-8-16(15)20(17)14-9-11-18-12-10-14/h5-8,13-14,18H,3-4,9-12H2,1-2H3. The van der Waals surface area contributed by atoms with E-state index in [9.17, 15) is 0 Å². The highest BCUT2D eigenvalue weighted by molar-refractivity contribution is 5.76. The SMILES string of the molecule is CCC(CC)c1nc2ccccc2n1C1CCNCC1. The Morgan fingerprint density at radius 3 is 2.60 bits per heavy atom. The Bertz CT molecular complexity index is 563. The second kappa shape index (κ2) is 5.96. The summed E-state index contributed by atoms with van der Waals surface area (Å²) in [5.41, 5.74) is 2.48. The van der Waals surface area contributed by atoms with Gasteiger partial charge in [0.1, 0.15) is 5.82 Å². The molecule has 0 atom stereocenters. The van der Waals surface area contributed by atoms with Gasteiger partial charge in [0, 0.05) is 12.0 Å². The van der Waals surface area contributed by atoms with Crippen LogP contribution in [0.15, 0.2) is 24.3 Å². The monoisotopic (exact) mass is 271 g/mol. The summed E-state index contributed by atoms with van der Waals surface area (Å²) < 4.78 is 2.55. The van der Waals surface area contributed by atoms with Gasteiger partial charge in [0.25, 0.3) is 0 Å². The minimum absolute atomic E-state index is 0.581. The first-order valence-corrected chi connectivity index (χ1v) is 8.02. The van der Waals surface area contributed by atoms with Crippen LogP contribution in [0.1, 0.15) is 57.3 Å². The summed E-state index contributed by atoms with van der Waals surface area (Å²) in [6, 6.07) is 9.23. The van der Waals surface area contributed by atoms with Crippen LogP contribution >= 0.6 is 0 Å². The predicted molar refractivity (Wildman–Crippen MR) is 84.2 cm³/mol. The van der Waals surface area contributed by atoms with Crippen LogP contribution < -0.4 is 5.32 Å². The van der Waals surface area contributed by atoms with Crippen molar-refractivity contribution in [1.29, 1.82) is 0 Å². The fourth-order valence-electron chi connectivity index (χ4n) is 3.45. The van der Waals surface area contributed by atoms with E-state index in [-0.39, 0.29) is 0 Å². The highest BCUT2D eigenvalue weighted by Gasteiger charge is 2.24. The van der Waals surface area contributed by atoms with E-state index in [1.54, 1.807) is 0 Å². The molecule has 1 aromatic carbocycles. The summed E-state index contributed by atoms with van der Waals surface area (Å²) in [5.74, 6) is 1.89. The number of fused-ring (bicyclic) bond motifs is 1. The van der Waals surface area contributed by atoms with Crippen LogP contribution in [0.5, 0.6) is 0 Å². The maximum Gasteiger partial charge on any atom is 0.113 e. The fraction of sp³-hybridized carbons (Fsp3) is 0.588. The van der Waals surface area contributed by atoms with Crippen LogP contribution in [0, 0.1) is 0 Å². The molecule has 0 radical (unpaired) electrons. The zero-order valence-corrected chi connectivity index (χ0v) is 12.6. The topological polar surface area (TPSA) is 29.9 Å². The lowest BCUT2D eigenvalue weighted by Crippen LogP contribution is -2.30. The van der Waals surface area contributed by atoms with Crippen molar-refractivity contribution < 1.29 is 0 Å². The number of nitrogens with zero attached hydrogens (tertiary/aromatic N) is 2. The zero-order valence-electron chi connectivity index (χ0n) is 12.6. The van der Waals surface area contributed by atoms with E-state index in [1.165, 1.54) is 37.0 Å². The van der Waals surface area contributed by atoms with Gasteiger partial charge in [0.15, 0.2) is 0 Å². The van der Waals surface area contributed by atoms with Gasteiger partial charge in [0.2, 0.25) is 0 Å². The molecule has 3 nitrogen and oxygen atoms in total. The first-order valence-electron chi connectivity index (χ1n) is 8.02. The fourth-order valence-corrected chi connectivity index (χ4v) is 3.45. The van der Waals surface area contributed by atoms with E-state index in [0.717, 1.165) is 18.6 Å². The highest BCUT2D eigenvalue weighted by atomic mass is 15.1. The molecule has 0 aliphatic carbocycles. The number of nitrogens with one attached hydrogen (secondary N) is 1. The van der Waals surface area contributed by atoms with Crippen molar-refractivity contribution in [1.82, 2.24) is 14.9 Å². The molecule has 1 saturated heterocycles. The summed E-state index contributed by atoms with van der Waals surface area (Å²) in [7, 11) is 0. The molecule has 0 unspecified atom stereocenters. The van der Waals surface area contributed by atoms with Gasteiger partial charge >= 0.3 is 0 Å². The number of hydrogen-bond donors (Lipinski definition) is 1. The first-order chi connectivity index (χ1) is 9.85. The van der Waals surface area contributed by atoms with Gasteiger partial charge < -0.3 is 9.88 Å². The van der Waals surface area contributed by atoms with Crippen molar-refractivity contribution >= 4 is 11.0 Å². The van der Waals surface area contributed by atoms with Gasteiger partial charge in [-0.25, -0.2) is 4.98 Å². The molecule has 1 aromatic heterocycles. The minimum atomic E-state index is 0.581. The summed E-state index contributed by atoms with van der Waals surface area (Å²) in [6.45, 7) is 6.81. The van der Waals surface area contributed by atoms with Crippen LogP contribution in [0.2, 0.25) is 0 Å². The number of rotatable bonds is 4. The number of benzene rings is 1. The Morgan fingerprint density at radius 2 is 1.90 bits per heavy atom. The van der Waals surface area contributed by atoms with Crippen molar-refractivity contribution in [3.8, 4) is 0 Å². The lowest BCUT2D eigenvalue weighted by Gasteiger charge is -2.28. The van der Waals surface area contributed by atoms with Gasteiger partial charge in [-0.15, -0.1) is 0 Å². The van der Waals surface area contributed by atoms with Crippen LogP contribution in [-0.2, 0) is 0 Å². The molecule has 108 valence electrons. The average molecular weight is 271 g/mol. The molecule has 1 aliphatic rings. The van der Waals surface area contributed by atoms with Crippen molar-refractivity contribution in [2.75, 3.05) is 13.1 Å². The van der Waals surface area contributed by atoms with E-state index in [4.69, 9.17) is 4.98 Å². The molecule has 1 aliphatic heterocycles. The summed E-state index contributed by atoms with van der Waals surface area (Å²) in [4.78, 5) is 4.97. The molecule has 0 spiro atoms. The zero-order chi connectivity index (χ0) is 13.9. The Hall–Kier alpha value is -1.35. The predicted octanol–water partition coefficient (Wildman–Crippen LogP) is 3.86. The molecular formula is C17H25N3. The lowest BCUT2D eigenvalue weighted by atomic mass is 10.0. The normalized spacial score (nSPS) is 17.1. The van der Waals surface area contributed by atoms with Crippen LogP contribution in [0.4, 0.5) is 0 Å². The third kappa shape index (κ3) is 2.35. The number of piperidine rings is 1. The second-order valence-electron chi connectivity index (χ2n) is 5.82. The Kier molecular flexibility index (Phi) is 4.06. The summed E-state index contributed by atoms with van der Waals surface area (Å²) in [5, 5.41) is 3.47. The van der Waals surface area contributed by atoms with Gasteiger partial charge in [-0.05, 0) is 50.9 Å². The molecule has 20 heavy (non-hydrogen) atoms. The van der Waals surface area contributed by atoms with Crippen molar-refractivity contribution in [3.05, 3.63) is 30.1 Å². The van der Waals surface area contributed by atoms with E-state index >= 15 is 0 Å². The molecule has 2 aromatic rings. The number of para-hydroxylation sites is 2. The number of hydrogen-bond acceptors (Lipinski definition) is 2. The maximum absolute atomic E-state index is 4.97. The molecular weight excluding hydrogens is 246 g/mol. The third-order valence-electron chi connectivity index (χ3n) is 4.65. The molecule has 3 heteroatoms. The molecule has 0 bridgehead atoms. The minimum Gasteiger partial charge on any atom is -0.325 e. The van der Waals surface area contributed by atoms with Gasteiger partial charge in [-0.3, -0.25) is 0 Å². The first kappa shape index (κ1) is 13.6. The Labute approximate surface area is 121 Å². The largest absolute Gasteiger partial charge is 0.325 e. The quantitative estimate of drug-likeness (QED) is 0.915. The molecule has 1 fully saturated rings. The molecule has 0 amide bonds. The molecule has 3 rings (SSSR count). The van der Waals surface area contributed by atoms with E-state index in [1.807, 2.05) is 0 Å². The van der Waals surface area contributed by atoms with Gasteiger partial charge in [-0.1, -0.05) is 26.0 Å². The maximum atomic E-state index is 4.97. The van der Waals surface area contributed by atoms with Crippen molar-refractivity contribution in [3.63, 3.8) is 0 Å². The van der Waals surface area contributed by atoms with Gasteiger partial charge in [0.05, 0.1) is 11.0 Å². The average Bonchev–Trinajstić information content (AvgIpc) is 2.88.